The van der Waals surface area contributed by atoms with Crippen LogP contribution in [0.4, 0.5) is 15.8 Å². The van der Waals surface area contributed by atoms with Crippen molar-refractivity contribution in [1.82, 2.24) is 0 Å². The lowest BCUT2D eigenvalue weighted by Gasteiger charge is -2.10. The number of carbonyl (C=O) groups excluding carboxylic acids is 1. The number of hydrogen-bond acceptors (Lipinski definition) is 4. The van der Waals surface area contributed by atoms with E-state index in [1.807, 2.05) is 36.4 Å². The van der Waals surface area contributed by atoms with E-state index in [2.05, 4.69) is 10.0 Å². The molecule has 0 bridgehead atoms. The maximum atomic E-state index is 13.0. The molecule has 4 aromatic rings. The second kappa shape index (κ2) is 10.9. The van der Waals surface area contributed by atoms with E-state index in [0.717, 1.165) is 16.2 Å². The Balaban J connectivity index is 1.34. The van der Waals surface area contributed by atoms with E-state index in [0.29, 0.717) is 16.3 Å². The van der Waals surface area contributed by atoms with Crippen molar-refractivity contribution < 1.29 is 17.6 Å². The number of hydrogen-bond donors (Lipinski definition) is 2. The molecule has 35 heavy (non-hydrogen) atoms. The zero-order valence-corrected chi connectivity index (χ0v) is 20.6. The predicted molar refractivity (Wildman–Crippen MR) is 139 cm³/mol. The van der Waals surface area contributed by atoms with Crippen LogP contribution >= 0.6 is 23.4 Å². The maximum absolute atomic E-state index is 13.0. The van der Waals surface area contributed by atoms with Crippen LogP contribution in [-0.4, -0.2) is 14.3 Å². The van der Waals surface area contributed by atoms with Crippen LogP contribution in [0.15, 0.2) is 107 Å². The predicted octanol–water partition coefficient (Wildman–Crippen LogP) is 6.82. The number of benzene rings is 4. The van der Waals surface area contributed by atoms with Crippen molar-refractivity contribution >= 4 is 50.7 Å². The fourth-order valence-corrected chi connectivity index (χ4v) is 5.14. The van der Waals surface area contributed by atoms with Gasteiger partial charge in [-0.2, -0.15) is 0 Å². The average molecular weight is 527 g/mol. The molecule has 0 atom stereocenters. The number of rotatable bonds is 8. The molecule has 0 unspecified atom stereocenters. The third-order valence-corrected chi connectivity index (χ3v) is 7.69. The van der Waals surface area contributed by atoms with Crippen molar-refractivity contribution in [2.75, 3.05) is 10.0 Å². The van der Waals surface area contributed by atoms with Crippen LogP contribution < -0.4 is 10.0 Å². The summed E-state index contributed by atoms with van der Waals surface area (Å²) in [6, 6.07) is 25.7. The minimum absolute atomic E-state index is 0.0161. The lowest BCUT2D eigenvalue weighted by Crippen LogP contribution is -2.14. The highest BCUT2D eigenvalue weighted by Crippen LogP contribution is 2.25. The molecule has 5 nitrogen and oxygen atoms in total. The van der Waals surface area contributed by atoms with Crippen LogP contribution in [-0.2, 0) is 15.8 Å². The number of anilines is 2. The first-order valence-electron chi connectivity index (χ1n) is 10.5. The van der Waals surface area contributed by atoms with Crippen molar-refractivity contribution in [3.8, 4) is 0 Å². The topological polar surface area (TPSA) is 75.3 Å². The van der Waals surface area contributed by atoms with E-state index >= 15 is 0 Å². The Hall–Kier alpha value is -3.33. The van der Waals surface area contributed by atoms with Crippen LogP contribution in [0.5, 0.6) is 0 Å². The Morgan fingerprint density at radius 2 is 1.40 bits per heavy atom. The molecule has 0 aliphatic heterocycles. The summed E-state index contributed by atoms with van der Waals surface area (Å²) < 4.78 is 40.5. The largest absolute Gasteiger partial charge is 0.322 e. The fraction of sp³-hybridized carbons (Fsp3) is 0.0385. The Kier molecular flexibility index (Phi) is 7.75. The van der Waals surface area contributed by atoms with Gasteiger partial charge in [0, 0.05) is 32.6 Å². The Labute approximate surface area is 212 Å². The van der Waals surface area contributed by atoms with Crippen LogP contribution in [0.2, 0.25) is 5.02 Å². The molecular weight excluding hydrogens is 507 g/mol. The molecule has 0 aliphatic rings. The van der Waals surface area contributed by atoms with E-state index in [4.69, 9.17) is 11.6 Å². The molecule has 1 amide bonds. The fourth-order valence-electron chi connectivity index (χ4n) is 3.10. The first kappa shape index (κ1) is 24.8. The van der Waals surface area contributed by atoms with Gasteiger partial charge in [-0.25, -0.2) is 12.8 Å². The van der Waals surface area contributed by atoms with Gasteiger partial charge in [0.05, 0.1) is 4.90 Å². The number of halogens is 2. The quantitative estimate of drug-likeness (QED) is 0.247. The van der Waals surface area contributed by atoms with Gasteiger partial charge in [-0.3, -0.25) is 9.52 Å². The highest BCUT2D eigenvalue weighted by molar-refractivity contribution is 7.98. The van der Waals surface area contributed by atoms with Crippen molar-refractivity contribution in [2.24, 2.45) is 0 Å². The lowest BCUT2D eigenvalue weighted by molar-refractivity contribution is 0.102. The zero-order chi connectivity index (χ0) is 24.8. The summed E-state index contributed by atoms with van der Waals surface area (Å²) in [5.41, 5.74) is 2.27. The Bertz CT molecular complexity index is 1410. The van der Waals surface area contributed by atoms with Crippen molar-refractivity contribution in [3.63, 3.8) is 0 Å². The maximum Gasteiger partial charge on any atom is 0.261 e. The summed E-state index contributed by atoms with van der Waals surface area (Å²) >= 11 is 7.58. The number of thioether (sulfide) groups is 1. The first-order chi connectivity index (χ1) is 16.8. The van der Waals surface area contributed by atoms with Crippen LogP contribution in [0.25, 0.3) is 0 Å². The molecule has 9 heteroatoms. The van der Waals surface area contributed by atoms with E-state index in [1.54, 1.807) is 23.9 Å². The van der Waals surface area contributed by atoms with Crippen LogP contribution in [0.1, 0.15) is 15.9 Å². The first-order valence-corrected chi connectivity index (χ1v) is 13.3. The van der Waals surface area contributed by atoms with Crippen LogP contribution in [0, 0.1) is 5.82 Å². The standard InChI is InChI=1S/C26H20ClFN2O3S2/c27-20-5-13-24(14-6-20)34-17-18-1-3-19(4-2-18)26(31)29-22-11-15-25(16-12-22)35(32,33)30-23-9-7-21(28)8-10-23/h1-16,30H,17H2,(H,29,31). The van der Waals surface area contributed by atoms with Crippen molar-refractivity contribution in [1.29, 1.82) is 0 Å². The molecular formula is C26H20ClFN2O3S2. The summed E-state index contributed by atoms with van der Waals surface area (Å²) in [6.45, 7) is 0. The van der Waals surface area contributed by atoms with Crippen molar-refractivity contribution in [2.45, 2.75) is 15.5 Å². The second-order valence-electron chi connectivity index (χ2n) is 7.53. The molecule has 0 heterocycles. The molecule has 4 rings (SSSR count). The zero-order valence-electron chi connectivity index (χ0n) is 18.2. The van der Waals surface area contributed by atoms with Gasteiger partial charge in [0.25, 0.3) is 15.9 Å². The summed E-state index contributed by atoms with van der Waals surface area (Å²) in [7, 11) is -3.85. The van der Waals surface area contributed by atoms with E-state index in [1.165, 1.54) is 48.5 Å². The highest BCUT2D eigenvalue weighted by atomic mass is 35.5. The van der Waals surface area contributed by atoms with Crippen LogP contribution in [0.3, 0.4) is 0 Å². The highest BCUT2D eigenvalue weighted by Gasteiger charge is 2.15. The normalized spacial score (nSPS) is 11.1. The second-order valence-corrected chi connectivity index (χ2v) is 10.7. The SMILES string of the molecule is O=C(Nc1ccc(S(=O)(=O)Nc2ccc(F)cc2)cc1)c1ccc(CSc2ccc(Cl)cc2)cc1. The Morgan fingerprint density at radius 1 is 0.800 bits per heavy atom. The van der Waals surface area contributed by atoms with E-state index in [-0.39, 0.29) is 16.5 Å². The van der Waals surface area contributed by atoms with Gasteiger partial charge in [0.15, 0.2) is 0 Å². The lowest BCUT2D eigenvalue weighted by atomic mass is 10.1. The molecule has 0 fully saturated rings. The van der Waals surface area contributed by atoms with E-state index < -0.39 is 15.8 Å². The summed E-state index contributed by atoms with van der Waals surface area (Å²) in [4.78, 5) is 13.7. The molecule has 2 N–H and O–H groups in total. The van der Waals surface area contributed by atoms with Gasteiger partial charge in [-0.05, 0) is 90.5 Å². The molecule has 0 spiro atoms. The van der Waals surface area contributed by atoms with Gasteiger partial charge < -0.3 is 5.32 Å². The summed E-state index contributed by atoms with van der Waals surface area (Å²) in [5.74, 6) is -0.00716. The average Bonchev–Trinajstić information content (AvgIpc) is 2.85. The number of sulfonamides is 1. The molecule has 0 radical (unpaired) electrons. The molecule has 0 aliphatic carbocycles. The van der Waals surface area contributed by atoms with Gasteiger partial charge >= 0.3 is 0 Å². The smallest absolute Gasteiger partial charge is 0.261 e. The minimum atomic E-state index is -3.85. The summed E-state index contributed by atoms with van der Waals surface area (Å²) in [5, 5.41) is 3.46. The van der Waals surface area contributed by atoms with Gasteiger partial charge in [-0.15, -0.1) is 11.8 Å². The van der Waals surface area contributed by atoms with Gasteiger partial charge in [0.2, 0.25) is 0 Å². The van der Waals surface area contributed by atoms with Crippen molar-refractivity contribution in [3.05, 3.63) is 119 Å². The number of nitrogens with one attached hydrogen (secondary N) is 2. The molecule has 178 valence electrons. The molecule has 0 saturated heterocycles. The molecule has 4 aromatic carbocycles. The third kappa shape index (κ3) is 6.85. The molecule has 0 aromatic heterocycles. The summed E-state index contributed by atoms with van der Waals surface area (Å²) in [6.07, 6.45) is 0. The van der Waals surface area contributed by atoms with E-state index in [9.17, 15) is 17.6 Å². The number of amides is 1. The third-order valence-electron chi connectivity index (χ3n) is 4.95. The van der Waals surface area contributed by atoms with Gasteiger partial charge in [0.1, 0.15) is 5.82 Å². The minimum Gasteiger partial charge on any atom is -0.322 e. The number of carbonyl (C=O) groups is 1. The molecule has 0 saturated carbocycles. The monoisotopic (exact) mass is 526 g/mol. The Morgan fingerprint density at radius 3 is 2.03 bits per heavy atom. The van der Waals surface area contributed by atoms with Gasteiger partial charge in [-0.1, -0.05) is 23.7 Å².